The van der Waals surface area contributed by atoms with Crippen LogP contribution in [0.15, 0.2) is 0 Å². The fourth-order valence-corrected chi connectivity index (χ4v) is 2.47. The van der Waals surface area contributed by atoms with Gasteiger partial charge in [-0.2, -0.15) is 13.2 Å². The van der Waals surface area contributed by atoms with Gasteiger partial charge in [0.25, 0.3) is 0 Å². The van der Waals surface area contributed by atoms with Crippen LogP contribution in [0.25, 0.3) is 0 Å². The first-order valence-corrected chi connectivity index (χ1v) is 6.57. The van der Waals surface area contributed by atoms with Crippen LogP contribution in [0.1, 0.15) is 44.9 Å². The van der Waals surface area contributed by atoms with Gasteiger partial charge in [-0.3, -0.25) is 4.79 Å². The summed E-state index contributed by atoms with van der Waals surface area (Å²) in [7, 11) is 0. The minimum absolute atomic E-state index is 0.209. The largest absolute Gasteiger partial charge is 0.481 e. The summed E-state index contributed by atoms with van der Waals surface area (Å²) in [6, 6.07) is -0.739. The first kappa shape index (κ1) is 16.6. The number of carbonyl (C=O) groups excluding carboxylic acids is 1. The van der Waals surface area contributed by atoms with Crippen molar-refractivity contribution in [2.45, 2.75) is 56.7 Å². The Balaban J connectivity index is 2.48. The lowest BCUT2D eigenvalue weighted by molar-refractivity contribution is -0.139. The van der Waals surface area contributed by atoms with E-state index in [1.54, 1.807) is 0 Å². The van der Waals surface area contributed by atoms with Crippen molar-refractivity contribution in [2.24, 2.45) is 0 Å². The van der Waals surface area contributed by atoms with E-state index in [9.17, 15) is 22.8 Å². The van der Waals surface area contributed by atoms with Crippen LogP contribution in [0.5, 0.6) is 0 Å². The van der Waals surface area contributed by atoms with Gasteiger partial charge in [-0.25, -0.2) is 4.79 Å². The topological polar surface area (TPSA) is 78.4 Å². The molecule has 116 valence electrons. The Labute approximate surface area is 114 Å². The molecular formula is C12H19F3N2O3. The number of rotatable bonds is 5. The predicted molar refractivity (Wildman–Crippen MR) is 65.3 cm³/mol. The predicted octanol–water partition coefficient (Wildman–Crippen LogP) is 2.42. The van der Waals surface area contributed by atoms with Crippen LogP contribution in [-0.2, 0) is 4.79 Å². The quantitative estimate of drug-likeness (QED) is 0.729. The van der Waals surface area contributed by atoms with E-state index in [2.05, 4.69) is 10.6 Å². The molecule has 0 aromatic heterocycles. The molecule has 5 nitrogen and oxygen atoms in total. The van der Waals surface area contributed by atoms with E-state index in [-0.39, 0.29) is 6.42 Å². The monoisotopic (exact) mass is 296 g/mol. The molecule has 1 aliphatic rings. The standard InChI is InChI=1S/C12H19F3N2O3/c13-12(14,15)6-7-16-10(20)17-11(8-9(18)19)4-2-1-3-5-11/h1-8H2,(H,18,19)(H2,16,17,20). The molecule has 0 aromatic rings. The molecule has 1 aliphatic carbocycles. The highest BCUT2D eigenvalue weighted by Gasteiger charge is 2.36. The Morgan fingerprint density at radius 1 is 1.15 bits per heavy atom. The SMILES string of the molecule is O=C(O)CC1(NC(=O)NCCC(F)(F)F)CCCCC1. The fraction of sp³-hybridized carbons (Fsp3) is 0.833. The van der Waals surface area contributed by atoms with Crippen molar-refractivity contribution in [3.63, 3.8) is 0 Å². The maximum absolute atomic E-state index is 12.0. The van der Waals surface area contributed by atoms with Crippen molar-refractivity contribution < 1.29 is 27.9 Å². The number of alkyl halides is 3. The molecule has 0 bridgehead atoms. The van der Waals surface area contributed by atoms with Gasteiger partial charge in [0.15, 0.2) is 0 Å². The molecule has 3 N–H and O–H groups in total. The summed E-state index contributed by atoms with van der Waals surface area (Å²) in [5.74, 6) is -1.03. The molecular weight excluding hydrogens is 277 g/mol. The Morgan fingerprint density at radius 3 is 2.25 bits per heavy atom. The van der Waals surface area contributed by atoms with E-state index in [4.69, 9.17) is 5.11 Å². The van der Waals surface area contributed by atoms with Gasteiger partial charge in [0.2, 0.25) is 0 Å². The molecule has 2 amide bonds. The lowest BCUT2D eigenvalue weighted by Gasteiger charge is -2.36. The number of carboxylic acids is 1. The summed E-state index contributed by atoms with van der Waals surface area (Å²) in [4.78, 5) is 22.5. The zero-order valence-electron chi connectivity index (χ0n) is 11.1. The molecule has 0 atom stereocenters. The maximum atomic E-state index is 12.0. The highest BCUT2D eigenvalue weighted by Crippen LogP contribution is 2.31. The lowest BCUT2D eigenvalue weighted by atomic mass is 9.79. The zero-order chi connectivity index (χ0) is 15.2. The van der Waals surface area contributed by atoms with Crippen molar-refractivity contribution in [1.29, 1.82) is 0 Å². The molecule has 1 fully saturated rings. The number of hydrogen-bond acceptors (Lipinski definition) is 2. The summed E-state index contributed by atoms with van der Waals surface area (Å²) < 4.78 is 35.9. The van der Waals surface area contributed by atoms with Gasteiger partial charge in [-0.1, -0.05) is 19.3 Å². The number of hydrogen-bond donors (Lipinski definition) is 3. The number of carbonyl (C=O) groups is 2. The number of amides is 2. The average Bonchev–Trinajstić information content (AvgIpc) is 2.26. The second kappa shape index (κ2) is 6.81. The molecule has 1 saturated carbocycles. The third-order valence-electron chi connectivity index (χ3n) is 3.37. The molecule has 0 heterocycles. The van der Waals surface area contributed by atoms with Gasteiger partial charge >= 0.3 is 18.2 Å². The summed E-state index contributed by atoms with van der Waals surface area (Å²) in [5.41, 5.74) is -0.841. The van der Waals surface area contributed by atoms with Crippen LogP contribution in [0.3, 0.4) is 0 Å². The Morgan fingerprint density at radius 2 is 1.75 bits per heavy atom. The second-order valence-corrected chi connectivity index (χ2v) is 5.16. The Hall–Kier alpha value is -1.47. The molecule has 0 aliphatic heterocycles. The summed E-state index contributed by atoms with van der Waals surface area (Å²) in [6.45, 7) is -0.515. The number of nitrogens with one attached hydrogen (secondary N) is 2. The molecule has 0 unspecified atom stereocenters. The van der Waals surface area contributed by atoms with Gasteiger partial charge < -0.3 is 15.7 Å². The van der Waals surface area contributed by atoms with E-state index >= 15 is 0 Å². The molecule has 0 spiro atoms. The van der Waals surface area contributed by atoms with E-state index in [0.717, 1.165) is 19.3 Å². The molecule has 0 saturated heterocycles. The summed E-state index contributed by atoms with van der Waals surface area (Å²) in [6.07, 6.45) is -1.99. The van der Waals surface area contributed by atoms with Gasteiger partial charge in [0.05, 0.1) is 18.4 Å². The summed E-state index contributed by atoms with van der Waals surface area (Å²) >= 11 is 0. The van der Waals surface area contributed by atoms with Crippen LogP contribution in [0.4, 0.5) is 18.0 Å². The highest BCUT2D eigenvalue weighted by atomic mass is 19.4. The third-order valence-corrected chi connectivity index (χ3v) is 3.37. The van der Waals surface area contributed by atoms with Gasteiger partial charge in [0, 0.05) is 6.54 Å². The normalized spacial score (nSPS) is 18.4. The maximum Gasteiger partial charge on any atom is 0.390 e. The summed E-state index contributed by atoms with van der Waals surface area (Å²) in [5, 5.41) is 13.6. The first-order chi connectivity index (χ1) is 9.22. The van der Waals surface area contributed by atoms with Crippen molar-refractivity contribution in [2.75, 3.05) is 6.54 Å². The first-order valence-electron chi connectivity index (χ1n) is 6.57. The van der Waals surface area contributed by atoms with Crippen LogP contribution in [0.2, 0.25) is 0 Å². The van der Waals surface area contributed by atoms with Gasteiger partial charge in [0.1, 0.15) is 0 Å². The zero-order valence-corrected chi connectivity index (χ0v) is 11.1. The molecule has 20 heavy (non-hydrogen) atoms. The van der Waals surface area contributed by atoms with Crippen LogP contribution in [-0.4, -0.2) is 35.4 Å². The molecule has 0 radical (unpaired) electrons. The molecule has 1 rings (SSSR count). The van der Waals surface area contributed by atoms with E-state index < -0.39 is 36.7 Å². The van der Waals surface area contributed by atoms with Crippen LogP contribution < -0.4 is 10.6 Å². The van der Waals surface area contributed by atoms with Crippen molar-refractivity contribution >= 4 is 12.0 Å². The minimum Gasteiger partial charge on any atom is -0.481 e. The van der Waals surface area contributed by atoms with Crippen LogP contribution in [0, 0.1) is 0 Å². The van der Waals surface area contributed by atoms with Gasteiger partial charge in [-0.15, -0.1) is 0 Å². The number of urea groups is 1. The minimum atomic E-state index is -4.32. The second-order valence-electron chi connectivity index (χ2n) is 5.16. The highest BCUT2D eigenvalue weighted by molar-refractivity contribution is 5.76. The van der Waals surface area contributed by atoms with E-state index in [1.807, 2.05) is 0 Å². The van der Waals surface area contributed by atoms with Gasteiger partial charge in [-0.05, 0) is 12.8 Å². The number of aliphatic carboxylic acids is 1. The third kappa shape index (κ3) is 6.12. The molecule has 0 aromatic carbocycles. The Bertz CT molecular complexity index is 352. The average molecular weight is 296 g/mol. The Kier molecular flexibility index (Phi) is 5.64. The van der Waals surface area contributed by atoms with Crippen molar-refractivity contribution in [1.82, 2.24) is 10.6 Å². The number of halogens is 3. The van der Waals surface area contributed by atoms with E-state index in [1.165, 1.54) is 0 Å². The van der Waals surface area contributed by atoms with Crippen molar-refractivity contribution in [3.8, 4) is 0 Å². The van der Waals surface area contributed by atoms with E-state index in [0.29, 0.717) is 12.8 Å². The lowest BCUT2D eigenvalue weighted by Crippen LogP contribution is -2.54. The fourth-order valence-electron chi connectivity index (χ4n) is 2.47. The molecule has 8 heteroatoms. The van der Waals surface area contributed by atoms with Crippen molar-refractivity contribution in [3.05, 3.63) is 0 Å². The number of carboxylic acid groups (broad SMARTS) is 1. The smallest absolute Gasteiger partial charge is 0.390 e. The van der Waals surface area contributed by atoms with Crippen LogP contribution >= 0.6 is 0 Å².